The van der Waals surface area contributed by atoms with E-state index in [4.69, 9.17) is 11.6 Å². The van der Waals surface area contributed by atoms with Crippen molar-refractivity contribution in [1.82, 2.24) is 0 Å². The zero-order chi connectivity index (χ0) is 11.9. The second-order valence-electron chi connectivity index (χ2n) is 5.52. The summed E-state index contributed by atoms with van der Waals surface area (Å²) in [6.45, 7) is 2.45. The van der Waals surface area contributed by atoms with Crippen molar-refractivity contribution in [3.63, 3.8) is 0 Å². The summed E-state index contributed by atoms with van der Waals surface area (Å²) >= 11 is 9.58. The van der Waals surface area contributed by atoms with Gasteiger partial charge in [-0.2, -0.15) is 0 Å². The van der Waals surface area contributed by atoms with Gasteiger partial charge >= 0.3 is 0 Å². The van der Waals surface area contributed by atoms with E-state index in [-0.39, 0.29) is 0 Å². The van der Waals surface area contributed by atoms with Crippen LogP contribution in [0.15, 0.2) is 22.7 Å². The predicted molar refractivity (Wildman–Crippen MR) is 76.9 cm³/mol. The Morgan fingerprint density at radius 1 is 1.12 bits per heavy atom. The van der Waals surface area contributed by atoms with Crippen LogP contribution in [-0.4, -0.2) is 13.1 Å². The molecule has 1 saturated carbocycles. The van der Waals surface area contributed by atoms with Gasteiger partial charge in [0.25, 0.3) is 0 Å². The molecule has 3 heteroatoms. The molecule has 1 aliphatic heterocycles. The van der Waals surface area contributed by atoms with Crippen molar-refractivity contribution >= 4 is 33.2 Å². The highest BCUT2D eigenvalue weighted by atomic mass is 79.9. The summed E-state index contributed by atoms with van der Waals surface area (Å²) in [6.07, 6.45) is 7.14. The van der Waals surface area contributed by atoms with Crippen LogP contribution >= 0.6 is 27.5 Å². The van der Waals surface area contributed by atoms with Gasteiger partial charge in [0.05, 0.1) is 5.02 Å². The van der Waals surface area contributed by atoms with Crippen molar-refractivity contribution in [2.75, 3.05) is 18.0 Å². The standard InChI is InChI=1S/C14H17BrClN/c15-12-5-4-11(8-13(12)16)17-9-14(10-17)6-2-1-3-7-14/h4-5,8H,1-3,6-7,9-10H2. The minimum Gasteiger partial charge on any atom is -0.370 e. The third-order valence-electron chi connectivity index (χ3n) is 4.24. The van der Waals surface area contributed by atoms with Gasteiger partial charge in [-0.25, -0.2) is 0 Å². The first-order chi connectivity index (χ1) is 8.19. The van der Waals surface area contributed by atoms with Crippen molar-refractivity contribution in [1.29, 1.82) is 0 Å². The number of rotatable bonds is 1. The Morgan fingerprint density at radius 2 is 1.82 bits per heavy atom. The zero-order valence-corrected chi connectivity index (χ0v) is 12.2. The fraction of sp³-hybridized carbons (Fsp3) is 0.571. The van der Waals surface area contributed by atoms with Gasteiger partial charge in [0.2, 0.25) is 0 Å². The minimum atomic E-state index is 0.637. The molecule has 1 heterocycles. The molecular weight excluding hydrogens is 298 g/mol. The molecule has 0 radical (unpaired) electrons. The van der Waals surface area contributed by atoms with E-state index >= 15 is 0 Å². The first kappa shape index (κ1) is 11.9. The summed E-state index contributed by atoms with van der Waals surface area (Å²) in [5.74, 6) is 0. The predicted octanol–water partition coefficient (Wildman–Crippen LogP) is 4.87. The highest BCUT2D eigenvalue weighted by molar-refractivity contribution is 9.10. The molecular formula is C14H17BrClN. The monoisotopic (exact) mass is 313 g/mol. The second kappa shape index (κ2) is 4.47. The average Bonchev–Trinajstić information content (AvgIpc) is 2.31. The summed E-state index contributed by atoms with van der Waals surface area (Å²) in [4.78, 5) is 2.46. The Bertz CT molecular complexity index is 418. The Labute approximate surface area is 116 Å². The second-order valence-corrected chi connectivity index (χ2v) is 6.78. The van der Waals surface area contributed by atoms with Crippen molar-refractivity contribution in [3.05, 3.63) is 27.7 Å². The van der Waals surface area contributed by atoms with E-state index in [1.807, 2.05) is 6.07 Å². The first-order valence-electron chi connectivity index (χ1n) is 6.39. The molecule has 1 nitrogen and oxygen atoms in total. The maximum atomic E-state index is 6.14. The van der Waals surface area contributed by atoms with Gasteiger partial charge in [0, 0.05) is 28.7 Å². The number of hydrogen-bond donors (Lipinski definition) is 0. The maximum Gasteiger partial charge on any atom is 0.0568 e. The number of hydrogen-bond acceptors (Lipinski definition) is 1. The van der Waals surface area contributed by atoms with Crippen LogP contribution in [0.3, 0.4) is 0 Å². The minimum absolute atomic E-state index is 0.637. The number of nitrogens with zero attached hydrogens (tertiary/aromatic N) is 1. The average molecular weight is 315 g/mol. The van der Waals surface area contributed by atoms with E-state index < -0.39 is 0 Å². The van der Waals surface area contributed by atoms with Crippen LogP contribution in [0.25, 0.3) is 0 Å². The quantitative estimate of drug-likeness (QED) is 0.714. The molecule has 3 rings (SSSR count). The molecule has 17 heavy (non-hydrogen) atoms. The Morgan fingerprint density at radius 3 is 2.47 bits per heavy atom. The molecule has 0 N–H and O–H groups in total. The number of halogens is 2. The molecule has 2 aliphatic rings. The molecule has 1 aliphatic carbocycles. The Kier molecular flexibility index (Phi) is 3.12. The third-order valence-corrected chi connectivity index (χ3v) is 5.47. The van der Waals surface area contributed by atoms with Gasteiger partial charge in [0.1, 0.15) is 0 Å². The van der Waals surface area contributed by atoms with Gasteiger partial charge in [-0.1, -0.05) is 30.9 Å². The third kappa shape index (κ3) is 2.22. The lowest BCUT2D eigenvalue weighted by Crippen LogP contribution is -2.57. The molecule has 0 bridgehead atoms. The van der Waals surface area contributed by atoms with Crippen LogP contribution in [0.1, 0.15) is 32.1 Å². The highest BCUT2D eigenvalue weighted by Gasteiger charge is 2.43. The fourth-order valence-electron chi connectivity index (χ4n) is 3.25. The van der Waals surface area contributed by atoms with Gasteiger partial charge in [-0.15, -0.1) is 0 Å². The van der Waals surface area contributed by atoms with Gasteiger partial charge in [-0.3, -0.25) is 0 Å². The summed E-state index contributed by atoms with van der Waals surface area (Å²) in [5, 5.41) is 0.812. The van der Waals surface area contributed by atoms with Crippen LogP contribution in [0, 0.1) is 5.41 Å². The molecule has 1 aromatic carbocycles. The lowest BCUT2D eigenvalue weighted by atomic mass is 9.68. The van der Waals surface area contributed by atoms with Crippen molar-refractivity contribution in [2.24, 2.45) is 5.41 Å². The molecule has 1 saturated heterocycles. The van der Waals surface area contributed by atoms with E-state index in [9.17, 15) is 0 Å². The summed E-state index contributed by atoms with van der Waals surface area (Å²) in [5.41, 5.74) is 1.91. The lowest BCUT2D eigenvalue weighted by molar-refractivity contribution is 0.139. The molecule has 2 fully saturated rings. The number of benzene rings is 1. The van der Waals surface area contributed by atoms with E-state index in [0.717, 1.165) is 9.50 Å². The van der Waals surface area contributed by atoms with Crippen LogP contribution in [0.4, 0.5) is 5.69 Å². The normalized spacial score (nSPS) is 22.6. The zero-order valence-electron chi connectivity index (χ0n) is 9.88. The van der Waals surface area contributed by atoms with Crippen LogP contribution in [-0.2, 0) is 0 Å². The summed E-state index contributed by atoms with van der Waals surface area (Å²) < 4.78 is 0.982. The van der Waals surface area contributed by atoms with Gasteiger partial charge in [0.15, 0.2) is 0 Å². The molecule has 0 aromatic heterocycles. The highest BCUT2D eigenvalue weighted by Crippen LogP contribution is 2.45. The lowest BCUT2D eigenvalue weighted by Gasteiger charge is -2.53. The topological polar surface area (TPSA) is 3.24 Å². The summed E-state index contributed by atoms with van der Waals surface area (Å²) in [7, 11) is 0. The largest absolute Gasteiger partial charge is 0.370 e. The first-order valence-corrected chi connectivity index (χ1v) is 7.56. The number of anilines is 1. The molecule has 0 atom stereocenters. The van der Waals surface area contributed by atoms with Crippen LogP contribution < -0.4 is 4.90 Å². The molecule has 1 spiro atoms. The van der Waals surface area contributed by atoms with E-state index in [0.29, 0.717) is 5.41 Å². The van der Waals surface area contributed by atoms with E-state index in [1.54, 1.807) is 0 Å². The van der Waals surface area contributed by atoms with Crippen LogP contribution in [0.2, 0.25) is 5.02 Å². The fourth-order valence-corrected chi connectivity index (χ4v) is 3.67. The summed E-state index contributed by atoms with van der Waals surface area (Å²) in [6, 6.07) is 6.27. The molecule has 1 aromatic rings. The van der Waals surface area contributed by atoms with Crippen molar-refractivity contribution in [3.8, 4) is 0 Å². The SMILES string of the molecule is Clc1cc(N2CC3(CCCCC3)C2)ccc1Br. The Balaban J connectivity index is 1.70. The molecule has 0 amide bonds. The maximum absolute atomic E-state index is 6.14. The Hall–Kier alpha value is -0.210. The van der Waals surface area contributed by atoms with Gasteiger partial charge < -0.3 is 4.90 Å². The molecule has 92 valence electrons. The van der Waals surface area contributed by atoms with E-state index in [1.165, 1.54) is 50.9 Å². The molecule has 0 unspecified atom stereocenters. The van der Waals surface area contributed by atoms with Crippen molar-refractivity contribution < 1.29 is 0 Å². The van der Waals surface area contributed by atoms with Crippen LogP contribution in [0.5, 0.6) is 0 Å². The van der Waals surface area contributed by atoms with Gasteiger partial charge in [-0.05, 0) is 47.0 Å². The van der Waals surface area contributed by atoms with E-state index in [2.05, 4.69) is 33.0 Å². The van der Waals surface area contributed by atoms with Crippen molar-refractivity contribution in [2.45, 2.75) is 32.1 Å². The smallest absolute Gasteiger partial charge is 0.0568 e.